The van der Waals surface area contributed by atoms with Gasteiger partial charge in [0.05, 0.1) is 5.69 Å². The van der Waals surface area contributed by atoms with E-state index in [2.05, 4.69) is 22.0 Å². The van der Waals surface area contributed by atoms with Crippen molar-refractivity contribution in [1.29, 1.82) is 0 Å². The molecule has 2 aromatic rings. The fourth-order valence-electron chi connectivity index (χ4n) is 3.13. The molecule has 0 spiro atoms. The Balaban J connectivity index is 2.02. The lowest BCUT2D eigenvalue weighted by atomic mass is 10.00. The van der Waals surface area contributed by atoms with Crippen molar-refractivity contribution >= 4 is 11.8 Å². The Hall–Kier alpha value is -2.37. The van der Waals surface area contributed by atoms with E-state index in [9.17, 15) is 9.90 Å². The quantitative estimate of drug-likeness (QED) is 0.939. The third-order valence-corrected chi connectivity index (χ3v) is 4.43. The molecule has 122 valence electrons. The molecule has 1 aromatic heterocycles. The van der Waals surface area contributed by atoms with Crippen molar-refractivity contribution in [3.63, 3.8) is 0 Å². The lowest BCUT2D eigenvalue weighted by Crippen LogP contribution is -2.40. The van der Waals surface area contributed by atoms with E-state index < -0.39 is 5.97 Å². The Morgan fingerprint density at radius 1 is 1.26 bits per heavy atom. The van der Waals surface area contributed by atoms with E-state index in [1.54, 1.807) is 0 Å². The highest BCUT2D eigenvalue weighted by Crippen LogP contribution is 2.27. The van der Waals surface area contributed by atoms with Gasteiger partial charge in [0.15, 0.2) is 5.82 Å². The number of anilines is 1. The van der Waals surface area contributed by atoms with Crippen LogP contribution in [0.3, 0.4) is 0 Å². The van der Waals surface area contributed by atoms with Crippen molar-refractivity contribution in [2.75, 3.05) is 11.4 Å². The monoisotopic (exact) mass is 314 g/mol. The Kier molecular flexibility index (Phi) is 4.32. The van der Waals surface area contributed by atoms with Gasteiger partial charge in [-0.15, -0.1) is 15.0 Å². The molecule has 1 aromatic carbocycles. The minimum absolute atomic E-state index is 0.0333. The molecule has 0 bridgehead atoms. The summed E-state index contributed by atoms with van der Waals surface area (Å²) in [4.78, 5) is 15.2. The van der Waals surface area contributed by atoms with E-state index in [1.165, 1.54) is 11.2 Å². The van der Waals surface area contributed by atoms with Gasteiger partial charge in [-0.05, 0) is 44.7 Å². The standard InChI is InChI=1S/C17H22N4O2/c1-3-13-6-4-5-11-20(13)16-15(17(22)23)18-21(19-16)14-9-7-12(2)8-10-14/h7-10,13H,3-6,11H2,1-2H3,(H,22,23). The van der Waals surface area contributed by atoms with Crippen molar-refractivity contribution in [2.24, 2.45) is 0 Å². The normalized spacial score (nSPS) is 18.2. The summed E-state index contributed by atoms with van der Waals surface area (Å²) in [6, 6.07) is 8.07. The SMILES string of the molecule is CCC1CCCCN1c1nn(-c2ccc(C)cc2)nc1C(=O)O. The number of hydrogen-bond acceptors (Lipinski definition) is 4. The number of benzene rings is 1. The topological polar surface area (TPSA) is 71.2 Å². The zero-order valence-corrected chi connectivity index (χ0v) is 13.6. The fraction of sp³-hybridized carbons (Fsp3) is 0.471. The predicted molar refractivity (Wildman–Crippen MR) is 88.3 cm³/mol. The predicted octanol–water partition coefficient (Wildman–Crippen LogP) is 3.04. The molecule has 1 fully saturated rings. The molecule has 0 radical (unpaired) electrons. The molecule has 1 saturated heterocycles. The molecule has 1 unspecified atom stereocenters. The van der Waals surface area contributed by atoms with Crippen molar-refractivity contribution in [3.8, 4) is 5.69 Å². The highest BCUT2D eigenvalue weighted by atomic mass is 16.4. The van der Waals surface area contributed by atoms with E-state index in [-0.39, 0.29) is 5.69 Å². The summed E-state index contributed by atoms with van der Waals surface area (Å²) in [5.41, 5.74) is 1.95. The molecule has 1 aliphatic heterocycles. The van der Waals surface area contributed by atoms with E-state index >= 15 is 0 Å². The molecular weight excluding hydrogens is 292 g/mol. The molecule has 6 nitrogen and oxygen atoms in total. The molecule has 23 heavy (non-hydrogen) atoms. The number of nitrogens with zero attached hydrogens (tertiary/aromatic N) is 4. The molecule has 6 heteroatoms. The number of aromatic nitrogens is 3. The average molecular weight is 314 g/mol. The summed E-state index contributed by atoms with van der Waals surface area (Å²) < 4.78 is 0. The van der Waals surface area contributed by atoms with E-state index in [0.717, 1.165) is 37.1 Å². The van der Waals surface area contributed by atoms with Gasteiger partial charge in [0.1, 0.15) is 0 Å². The van der Waals surface area contributed by atoms with Gasteiger partial charge in [0.2, 0.25) is 5.69 Å². The Morgan fingerprint density at radius 2 is 2.00 bits per heavy atom. The highest BCUT2D eigenvalue weighted by Gasteiger charge is 2.29. The van der Waals surface area contributed by atoms with Gasteiger partial charge in [0.25, 0.3) is 0 Å². The average Bonchev–Trinajstić information content (AvgIpc) is 3.01. The lowest BCUT2D eigenvalue weighted by Gasteiger charge is -2.35. The largest absolute Gasteiger partial charge is 0.476 e. The summed E-state index contributed by atoms with van der Waals surface area (Å²) in [6.07, 6.45) is 4.31. The number of carboxylic acids is 1. The number of piperidine rings is 1. The maximum absolute atomic E-state index is 11.6. The molecular formula is C17H22N4O2. The zero-order valence-electron chi connectivity index (χ0n) is 13.6. The second-order valence-corrected chi connectivity index (χ2v) is 6.05. The van der Waals surface area contributed by atoms with Crippen LogP contribution in [0.5, 0.6) is 0 Å². The maximum atomic E-state index is 11.6. The van der Waals surface area contributed by atoms with Gasteiger partial charge in [-0.1, -0.05) is 24.6 Å². The van der Waals surface area contributed by atoms with Crippen molar-refractivity contribution < 1.29 is 9.90 Å². The molecule has 3 rings (SSSR count). The van der Waals surface area contributed by atoms with Gasteiger partial charge >= 0.3 is 5.97 Å². The summed E-state index contributed by atoms with van der Waals surface area (Å²) in [6.45, 7) is 4.98. The van der Waals surface area contributed by atoms with E-state index in [1.807, 2.05) is 31.2 Å². The number of rotatable bonds is 4. The molecule has 0 amide bonds. The molecule has 0 aliphatic carbocycles. The number of aryl methyl sites for hydroxylation is 1. The Morgan fingerprint density at radius 3 is 2.65 bits per heavy atom. The molecule has 2 heterocycles. The van der Waals surface area contributed by atoms with Gasteiger partial charge in [0, 0.05) is 12.6 Å². The van der Waals surface area contributed by atoms with Crippen LogP contribution < -0.4 is 4.90 Å². The van der Waals surface area contributed by atoms with Crippen LogP contribution in [0, 0.1) is 6.92 Å². The van der Waals surface area contributed by atoms with E-state index in [0.29, 0.717) is 11.9 Å². The third kappa shape index (κ3) is 3.06. The first-order chi connectivity index (χ1) is 11.1. The second kappa shape index (κ2) is 6.40. The number of hydrogen-bond donors (Lipinski definition) is 1. The van der Waals surface area contributed by atoms with Crippen molar-refractivity contribution in [2.45, 2.75) is 45.6 Å². The number of carbonyl (C=O) groups is 1. The smallest absolute Gasteiger partial charge is 0.360 e. The number of aromatic carboxylic acids is 1. The minimum Gasteiger partial charge on any atom is -0.476 e. The van der Waals surface area contributed by atoms with Crippen LogP contribution in [0.1, 0.15) is 48.7 Å². The van der Waals surface area contributed by atoms with Crippen LogP contribution in [-0.4, -0.2) is 38.7 Å². The summed E-state index contributed by atoms with van der Waals surface area (Å²) in [5.74, 6) is -0.539. The van der Waals surface area contributed by atoms with Crippen molar-refractivity contribution in [3.05, 3.63) is 35.5 Å². The minimum atomic E-state index is -1.03. The summed E-state index contributed by atoms with van der Waals surface area (Å²) >= 11 is 0. The molecule has 1 aliphatic rings. The first-order valence-corrected chi connectivity index (χ1v) is 8.14. The van der Waals surface area contributed by atoms with Crippen molar-refractivity contribution in [1.82, 2.24) is 15.0 Å². The second-order valence-electron chi connectivity index (χ2n) is 6.05. The first kappa shape index (κ1) is 15.5. The molecule has 0 saturated carbocycles. The summed E-state index contributed by atoms with van der Waals surface area (Å²) in [7, 11) is 0. The van der Waals surface area contributed by atoms with Gasteiger partial charge in [-0.2, -0.15) is 0 Å². The van der Waals surface area contributed by atoms with Crippen LogP contribution in [0.25, 0.3) is 5.69 Å². The van der Waals surface area contributed by atoms with Crippen LogP contribution in [0.15, 0.2) is 24.3 Å². The van der Waals surface area contributed by atoms with Crippen LogP contribution in [-0.2, 0) is 0 Å². The summed E-state index contributed by atoms with van der Waals surface area (Å²) in [5, 5.41) is 18.2. The fourth-order valence-corrected chi connectivity index (χ4v) is 3.13. The lowest BCUT2D eigenvalue weighted by molar-refractivity contribution is 0.0690. The van der Waals surface area contributed by atoms with Crippen LogP contribution >= 0.6 is 0 Å². The first-order valence-electron chi connectivity index (χ1n) is 8.14. The zero-order chi connectivity index (χ0) is 16.4. The Labute approximate surface area is 135 Å². The van der Waals surface area contributed by atoms with E-state index in [4.69, 9.17) is 0 Å². The van der Waals surface area contributed by atoms with Gasteiger partial charge in [-0.25, -0.2) is 4.79 Å². The van der Waals surface area contributed by atoms with Gasteiger partial charge < -0.3 is 10.0 Å². The Bertz CT molecular complexity index is 693. The molecule has 1 N–H and O–H groups in total. The molecule has 1 atom stereocenters. The highest BCUT2D eigenvalue weighted by molar-refractivity contribution is 5.91. The van der Waals surface area contributed by atoms with Crippen LogP contribution in [0.2, 0.25) is 0 Å². The van der Waals surface area contributed by atoms with Crippen LogP contribution in [0.4, 0.5) is 5.82 Å². The third-order valence-electron chi connectivity index (χ3n) is 4.43. The van der Waals surface area contributed by atoms with Gasteiger partial charge in [-0.3, -0.25) is 0 Å². The maximum Gasteiger partial charge on any atom is 0.360 e. The number of carboxylic acid groups (broad SMARTS) is 1.